The van der Waals surface area contributed by atoms with Crippen LogP contribution in [0.5, 0.6) is 0 Å². The van der Waals surface area contributed by atoms with E-state index in [1.54, 1.807) is 0 Å². The summed E-state index contributed by atoms with van der Waals surface area (Å²) in [6.07, 6.45) is 2.04. The fraction of sp³-hybridized carbons (Fsp3) is 0.909. The van der Waals surface area contributed by atoms with Gasteiger partial charge in [-0.05, 0) is 26.7 Å². The van der Waals surface area contributed by atoms with Crippen LogP contribution in [0.25, 0.3) is 0 Å². The second kappa shape index (κ2) is 4.42. The molecular formula is C11H18BrNO2. The summed E-state index contributed by atoms with van der Waals surface area (Å²) in [5.41, 5.74) is 0. The lowest BCUT2D eigenvalue weighted by Gasteiger charge is -2.25. The van der Waals surface area contributed by atoms with E-state index in [4.69, 9.17) is 4.74 Å². The number of amides is 1. The van der Waals surface area contributed by atoms with Gasteiger partial charge < -0.3 is 9.64 Å². The molecule has 4 unspecified atom stereocenters. The molecule has 2 saturated heterocycles. The van der Waals surface area contributed by atoms with Crippen molar-refractivity contribution in [3.05, 3.63) is 0 Å². The molecule has 2 aliphatic heterocycles. The van der Waals surface area contributed by atoms with Crippen molar-refractivity contribution in [3.8, 4) is 0 Å². The first kappa shape index (κ1) is 11.4. The topological polar surface area (TPSA) is 29.5 Å². The summed E-state index contributed by atoms with van der Waals surface area (Å²) in [4.78, 5) is 14.7. The standard InChI is InChI=1S/C11H18BrNO2/c1-7-5-9(12)6-13(7)11(14)10-3-4-15-8(10)2/h7-10H,3-6H2,1-2H3. The lowest BCUT2D eigenvalue weighted by Crippen LogP contribution is -2.40. The Bertz CT molecular complexity index is 259. The van der Waals surface area contributed by atoms with Crippen molar-refractivity contribution in [2.45, 2.75) is 43.7 Å². The van der Waals surface area contributed by atoms with Crippen molar-refractivity contribution in [1.29, 1.82) is 0 Å². The summed E-state index contributed by atoms with van der Waals surface area (Å²) in [6, 6.07) is 0.370. The van der Waals surface area contributed by atoms with Crippen LogP contribution in [0, 0.1) is 5.92 Å². The zero-order valence-electron chi connectivity index (χ0n) is 9.28. The molecule has 0 bridgehead atoms. The molecule has 15 heavy (non-hydrogen) atoms. The van der Waals surface area contributed by atoms with Gasteiger partial charge in [-0.1, -0.05) is 15.9 Å². The fourth-order valence-corrected chi connectivity index (χ4v) is 3.39. The Hall–Kier alpha value is -0.0900. The number of halogens is 1. The Balaban J connectivity index is 2.01. The first-order chi connectivity index (χ1) is 7.09. The number of nitrogens with zero attached hydrogens (tertiary/aromatic N) is 1. The largest absolute Gasteiger partial charge is 0.378 e. The molecule has 0 saturated carbocycles. The second-order valence-electron chi connectivity index (χ2n) is 4.64. The van der Waals surface area contributed by atoms with Crippen LogP contribution in [0.3, 0.4) is 0 Å². The third-order valence-corrected chi connectivity index (χ3v) is 4.16. The number of rotatable bonds is 1. The van der Waals surface area contributed by atoms with E-state index in [2.05, 4.69) is 22.9 Å². The summed E-state index contributed by atoms with van der Waals surface area (Å²) in [7, 11) is 0. The molecule has 1 amide bonds. The van der Waals surface area contributed by atoms with Crippen molar-refractivity contribution in [1.82, 2.24) is 4.90 Å². The minimum absolute atomic E-state index is 0.0882. The molecule has 0 aliphatic carbocycles. The SMILES string of the molecule is CC1OCCC1C(=O)N1CC(Br)CC1C. The van der Waals surface area contributed by atoms with Crippen LogP contribution in [0.15, 0.2) is 0 Å². The van der Waals surface area contributed by atoms with Gasteiger partial charge in [0.2, 0.25) is 5.91 Å². The van der Waals surface area contributed by atoms with Crippen LogP contribution in [-0.4, -0.2) is 40.9 Å². The molecular weight excluding hydrogens is 258 g/mol. The minimum Gasteiger partial charge on any atom is -0.378 e. The highest BCUT2D eigenvalue weighted by atomic mass is 79.9. The molecule has 2 rings (SSSR count). The quantitative estimate of drug-likeness (QED) is 0.683. The van der Waals surface area contributed by atoms with Gasteiger partial charge in [0.1, 0.15) is 0 Å². The lowest BCUT2D eigenvalue weighted by atomic mass is 10.0. The Labute approximate surface area is 99.3 Å². The predicted octanol–water partition coefficient (Wildman–Crippen LogP) is 1.80. The first-order valence-electron chi connectivity index (χ1n) is 5.65. The zero-order chi connectivity index (χ0) is 11.0. The number of alkyl halides is 1. The van der Waals surface area contributed by atoms with Gasteiger partial charge in [-0.25, -0.2) is 0 Å². The van der Waals surface area contributed by atoms with Crippen molar-refractivity contribution >= 4 is 21.8 Å². The van der Waals surface area contributed by atoms with E-state index < -0.39 is 0 Å². The summed E-state index contributed by atoms with van der Waals surface area (Å²) in [5.74, 6) is 0.375. The van der Waals surface area contributed by atoms with Crippen molar-refractivity contribution in [3.63, 3.8) is 0 Å². The minimum atomic E-state index is 0.0882. The number of likely N-dealkylation sites (tertiary alicyclic amines) is 1. The van der Waals surface area contributed by atoms with Gasteiger partial charge in [0.25, 0.3) is 0 Å². The van der Waals surface area contributed by atoms with Crippen molar-refractivity contribution in [2.24, 2.45) is 5.92 Å². The Morgan fingerprint density at radius 2 is 2.20 bits per heavy atom. The van der Waals surface area contributed by atoms with Crippen LogP contribution < -0.4 is 0 Å². The molecule has 0 aromatic carbocycles. The molecule has 3 nitrogen and oxygen atoms in total. The van der Waals surface area contributed by atoms with Crippen LogP contribution in [0.2, 0.25) is 0 Å². The summed E-state index contributed by atoms with van der Waals surface area (Å²) >= 11 is 3.59. The lowest BCUT2D eigenvalue weighted by molar-refractivity contribution is -0.137. The fourth-order valence-electron chi connectivity index (χ4n) is 2.54. The molecule has 4 atom stereocenters. The maximum absolute atomic E-state index is 12.2. The molecule has 86 valence electrons. The molecule has 0 aromatic heterocycles. The Morgan fingerprint density at radius 1 is 1.47 bits per heavy atom. The van der Waals surface area contributed by atoms with Gasteiger partial charge in [-0.2, -0.15) is 0 Å². The Morgan fingerprint density at radius 3 is 2.67 bits per heavy atom. The number of hydrogen-bond acceptors (Lipinski definition) is 2. The first-order valence-corrected chi connectivity index (χ1v) is 6.57. The van der Waals surface area contributed by atoms with Crippen LogP contribution in [0.1, 0.15) is 26.7 Å². The Kier molecular flexibility index (Phi) is 3.36. The van der Waals surface area contributed by atoms with Gasteiger partial charge >= 0.3 is 0 Å². The zero-order valence-corrected chi connectivity index (χ0v) is 10.9. The molecule has 0 aromatic rings. The normalized spacial score (nSPS) is 41.1. The third-order valence-electron chi connectivity index (χ3n) is 3.50. The maximum atomic E-state index is 12.2. The summed E-state index contributed by atoms with van der Waals surface area (Å²) in [5, 5.41) is 0. The van der Waals surface area contributed by atoms with Crippen LogP contribution in [-0.2, 0) is 9.53 Å². The van der Waals surface area contributed by atoms with Crippen LogP contribution in [0.4, 0.5) is 0 Å². The highest BCUT2D eigenvalue weighted by Gasteiger charge is 2.38. The van der Waals surface area contributed by atoms with E-state index in [-0.39, 0.29) is 17.9 Å². The van der Waals surface area contributed by atoms with Gasteiger partial charge in [-0.15, -0.1) is 0 Å². The van der Waals surface area contributed by atoms with E-state index in [1.807, 2.05) is 11.8 Å². The number of ether oxygens (including phenoxy) is 1. The monoisotopic (exact) mass is 275 g/mol. The second-order valence-corrected chi connectivity index (χ2v) is 5.94. The average molecular weight is 276 g/mol. The van der Waals surface area contributed by atoms with E-state index in [0.717, 1.165) is 26.0 Å². The average Bonchev–Trinajstić information content (AvgIpc) is 2.71. The van der Waals surface area contributed by atoms with Crippen LogP contribution >= 0.6 is 15.9 Å². The molecule has 0 spiro atoms. The molecule has 2 heterocycles. The van der Waals surface area contributed by atoms with E-state index in [9.17, 15) is 4.79 Å². The van der Waals surface area contributed by atoms with Gasteiger partial charge in [-0.3, -0.25) is 4.79 Å². The molecule has 2 aliphatic rings. The maximum Gasteiger partial charge on any atom is 0.228 e. The highest BCUT2D eigenvalue weighted by Crippen LogP contribution is 2.29. The van der Waals surface area contributed by atoms with Gasteiger partial charge in [0.15, 0.2) is 0 Å². The molecule has 0 radical (unpaired) electrons. The van der Waals surface area contributed by atoms with Crippen molar-refractivity contribution in [2.75, 3.05) is 13.2 Å². The van der Waals surface area contributed by atoms with Gasteiger partial charge in [0.05, 0.1) is 12.0 Å². The highest BCUT2D eigenvalue weighted by molar-refractivity contribution is 9.09. The predicted molar refractivity (Wildman–Crippen MR) is 62.0 cm³/mol. The van der Waals surface area contributed by atoms with E-state index in [1.165, 1.54) is 0 Å². The van der Waals surface area contributed by atoms with Gasteiger partial charge in [0, 0.05) is 24.0 Å². The summed E-state index contributed by atoms with van der Waals surface area (Å²) < 4.78 is 5.45. The van der Waals surface area contributed by atoms with E-state index in [0.29, 0.717) is 10.9 Å². The van der Waals surface area contributed by atoms with E-state index >= 15 is 0 Å². The van der Waals surface area contributed by atoms with Crippen molar-refractivity contribution < 1.29 is 9.53 Å². The number of carbonyl (C=O) groups is 1. The number of hydrogen-bond donors (Lipinski definition) is 0. The molecule has 0 N–H and O–H groups in total. The summed E-state index contributed by atoms with van der Waals surface area (Å²) in [6.45, 7) is 5.71. The molecule has 4 heteroatoms. The smallest absolute Gasteiger partial charge is 0.228 e. The third kappa shape index (κ3) is 2.21. The number of carbonyl (C=O) groups excluding carboxylic acids is 1. The molecule has 2 fully saturated rings.